The molecule has 1 saturated carbocycles. The first-order valence-electron chi connectivity index (χ1n) is 11.5. The number of carbonyl (C=O) groups excluding carboxylic acids is 1. The lowest BCUT2D eigenvalue weighted by Gasteiger charge is -2.19. The molecule has 1 amide bonds. The third-order valence-electron chi connectivity index (χ3n) is 6.70. The molecule has 0 spiro atoms. The number of hydrogen-bond acceptors (Lipinski definition) is 6. The number of rotatable bonds is 6. The number of anilines is 1. The summed E-state index contributed by atoms with van der Waals surface area (Å²) in [5.41, 5.74) is 4.94. The molecule has 7 heteroatoms. The Morgan fingerprint density at radius 1 is 1.06 bits per heavy atom. The number of fused-ring (bicyclic) bond motifs is 1. The number of amides is 1. The molecule has 2 aliphatic rings. The summed E-state index contributed by atoms with van der Waals surface area (Å²) in [4.78, 5) is 18.2. The lowest BCUT2D eigenvalue weighted by Crippen LogP contribution is -2.25. The first-order chi connectivity index (χ1) is 16.0. The molecule has 33 heavy (non-hydrogen) atoms. The van der Waals surface area contributed by atoms with Crippen molar-refractivity contribution in [3.8, 4) is 17.1 Å². The summed E-state index contributed by atoms with van der Waals surface area (Å²) in [6, 6.07) is 15.5. The van der Waals surface area contributed by atoms with Gasteiger partial charge in [0.1, 0.15) is 6.10 Å². The monoisotopic (exact) mass is 443 g/mol. The minimum Gasteiger partial charge on any atom is -0.473 e. The van der Waals surface area contributed by atoms with Crippen LogP contribution in [0.3, 0.4) is 0 Å². The molecule has 0 radical (unpaired) electrons. The van der Waals surface area contributed by atoms with Crippen molar-refractivity contribution in [1.29, 1.82) is 0 Å². The summed E-state index contributed by atoms with van der Waals surface area (Å²) in [6.07, 6.45) is 4.22. The van der Waals surface area contributed by atoms with Crippen molar-refractivity contribution < 1.29 is 9.53 Å². The van der Waals surface area contributed by atoms with Crippen LogP contribution >= 0.6 is 0 Å². The molecule has 1 aromatic carbocycles. The number of carbonyl (C=O) groups is 1. The number of likely N-dealkylation sites (tertiary alicyclic amines) is 1. The minimum atomic E-state index is -0.0869. The summed E-state index contributed by atoms with van der Waals surface area (Å²) in [5.74, 6) is 1.84. The maximum absolute atomic E-state index is 11.2. The quantitative estimate of drug-likeness (QED) is 0.618. The number of hydrogen-bond donors (Lipinski definition) is 1. The maximum atomic E-state index is 11.2. The fourth-order valence-corrected chi connectivity index (χ4v) is 5.10. The molecule has 5 rings (SSSR count). The fraction of sp³-hybridized carbons (Fsp3) is 0.385. The summed E-state index contributed by atoms with van der Waals surface area (Å²) in [5, 5.41) is 11.4. The summed E-state index contributed by atoms with van der Waals surface area (Å²) >= 11 is 0. The van der Waals surface area contributed by atoms with Crippen LogP contribution in [0.5, 0.6) is 5.88 Å². The van der Waals surface area contributed by atoms with Crippen LogP contribution in [0, 0.1) is 18.8 Å². The van der Waals surface area contributed by atoms with E-state index in [1.54, 1.807) is 0 Å². The number of aromatic nitrogens is 3. The molecule has 3 aromatic rings. The highest BCUT2D eigenvalue weighted by molar-refractivity contribution is 5.88. The Bertz CT molecular complexity index is 1100. The van der Waals surface area contributed by atoms with E-state index in [1.165, 1.54) is 18.2 Å². The van der Waals surface area contributed by atoms with Gasteiger partial charge in [0.15, 0.2) is 0 Å². The molecule has 2 fully saturated rings. The largest absolute Gasteiger partial charge is 0.473 e. The molecule has 7 nitrogen and oxygen atoms in total. The molecular formula is C26H29N5O2. The molecule has 170 valence electrons. The number of benzene rings is 1. The average molecular weight is 444 g/mol. The van der Waals surface area contributed by atoms with Gasteiger partial charge in [-0.1, -0.05) is 18.2 Å². The van der Waals surface area contributed by atoms with Gasteiger partial charge in [0.2, 0.25) is 11.8 Å². The second-order valence-corrected chi connectivity index (χ2v) is 9.21. The van der Waals surface area contributed by atoms with Crippen molar-refractivity contribution >= 4 is 11.6 Å². The van der Waals surface area contributed by atoms with Gasteiger partial charge < -0.3 is 10.1 Å². The number of nitrogens with one attached hydrogen (secondary N) is 1. The molecular weight excluding hydrogens is 414 g/mol. The molecule has 1 unspecified atom stereocenters. The van der Waals surface area contributed by atoms with E-state index >= 15 is 0 Å². The molecule has 1 saturated heterocycles. The molecule has 2 aromatic heterocycles. The van der Waals surface area contributed by atoms with E-state index < -0.39 is 0 Å². The van der Waals surface area contributed by atoms with Gasteiger partial charge in [-0.05, 0) is 61.4 Å². The summed E-state index contributed by atoms with van der Waals surface area (Å²) in [6.45, 7) is 6.79. The van der Waals surface area contributed by atoms with Crippen molar-refractivity contribution in [2.45, 2.75) is 39.3 Å². The predicted octanol–water partition coefficient (Wildman–Crippen LogP) is 4.09. The van der Waals surface area contributed by atoms with Crippen molar-refractivity contribution in [1.82, 2.24) is 20.1 Å². The Hall–Kier alpha value is -3.32. The number of nitrogens with zero attached hydrogens (tertiary/aromatic N) is 4. The second kappa shape index (κ2) is 9.27. The van der Waals surface area contributed by atoms with Gasteiger partial charge >= 0.3 is 0 Å². The molecule has 1 aliphatic carbocycles. The SMILES string of the molecule is CC(=O)Nc1ccc(-c2ccc(OC3C[C@@H]4CN(Cc5ncccc5C)C[C@@H]4C3)nn2)cc1. The number of aryl methyl sites for hydroxylation is 1. The van der Waals surface area contributed by atoms with E-state index in [0.29, 0.717) is 17.7 Å². The Balaban J connectivity index is 1.14. The van der Waals surface area contributed by atoms with Crippen molar-refractivity contribution in [2.75, 3.05) is 18.4 Å². The first kappa shape index (κ1) is 21.5. The van der Waals surface area contributed by atoms with E-state index in [2.05, 4.69) is 38.4 Å². The Morgan fingerprint density at radius 2 is 1.82 bits per heavy atom. The highest BCUT2D eigenvalue weighted by atomic mass is 16.5. The van der Waals surface area contributed by atoms with Gasteiger partial charge in [-0.2, -0.15) is 0 Å². The first-order valence-corrected chi connectivity index (χ1v) is 11.5. The Labute approximate surface area is 194 Å². The molecule has 1 aliphatic heterocycles. The predicted molar refractivity (Wildman–Crippen MR) is 127 cm³/mol. The highest BCUT2D eigenvalue weighted by Crippen LogP contribution is 2.40. The van der Waals surface area contributed by atoms with Crippen LogP contribution in [-0.2, 0) is 11.3 Å². The van der Waals surface area contributed by atoms with Crippen LogP contribution in [0.25, 0.3) is 11.3 Å². The topological polar surface area (TPSA) is 80.2 Å². The second-order valence-electron chi connectivity index (χ2n) is 9.21. The third kappa shape index (κ3) is 5.03. The lowest BCUT2D eigenvalue weighted by atomic mass is 10.0. The smallest absolute Gasteiger partial charge is 0.233 e. The summed E-state index contributed by atoms with van der Waals surface area (Å²) in [7, 11) is 0. The van der Waals surface area contributed by atoms with Gasteiger partial charge in [0.05, 0.1) is 11.4 Å². The van der Waals surface area contributed by atoms with E-state index in [-0.39, 0.29) is 12.0 Å². The number of pyridine rings is 1. The van der Waals surface area contributed by atoms with Crippen LogP contribution < -0.4 is 10.1 Å². The average Bonchev–Trinajstić information content (AvgIpc) is 3.34. The molecule has 1 N–H and O–H groups in total. The van der Waals surface area contributed by atoms with Crippen LogP contribution in [0.1, 0.15) is 31.0 Å². The van der Waals surface area contributed by atoms with Crippen molar-refractivity contribution in [3.05, 3.63) is 66.0 Å². The maximum Gasteiger partial charge on any atom is 0.233 e. The zero-order valence-electron chi connectivity index (χ0n) is 19.1. The van der Waals surface area contributed by atoms with Crippen molar-refractivity contribution in [3.63, 3.8) is 0 Å². The van der Waals surface area contributed by atoms with Crippen LogP contribution in [0.15, 0.2) is 54.7 Å². The van der Waals surface area contributed by atoms with E-state index in [4.69, 9.17) is 4.74 Å². The van der Waals surface area contributed by atoms with Gasteiger partial charge in [0, 0.05) is 50.1 Å². The van der Waals surface area contributed by atoms with Crippen LogP contribution in [0.2, 0.25) is 0 Å². The molecule has 0 bridgehead atoms. The number of ether oxygens (including phenoxy) is 1. The van der Waals surface area contributed by atoms with E-state index in [0.717, 1.165) is 49.4 Å². The van der Waals surface area contributed by atoms with Gasteiger partial charge in [0.25, 0.3) is 0 Å². The van der Waals surface area contributed by atoms with Gasteiger partial charge in [-0.3, -0.25) is 14.7 Å². The third-order valence-corrected chi connectivity index (χ3v) is 6.70. The van der Waals surface area contributed by atoms with Crippen LogP contribution in [-0.4, -0.2) is 45.2 Å². The van der Waals surface area contributed by atoms with Gasteiger partial charge in [-0.25, -0.2) is 0 Å². The molecule has 3 atom stereocenters. The van der Waals surface area contributed by atoms with Crippen LogP contribution in [0.4, 0.5) is 5.69 Å². The zero-order valence-corrected chi connectivity index (χ0v) is 19.1. The fourth-order valence-electron chi connectivity index (χ4n) is 5.10. The minimum absolute atomic E-state index is 0.0869. The standard InChI is InChI=1S/C26H29N5O2/c1-17-4-3-11-27-25(17)16-31-14-20-12-23(13-21(20)15-31)33-26-10-9-24(29-30-26)19-5-7-22(8-6-19)28-18(2)32/h3-11,20-21,23H,12-16H2,1-2H3,(H,28,32)/t20-,21+,23?. The Kier molecular flexibility index (Phi) is 6.05. The van der Waals surface area contributed by atoms with Gasteiger partial charge in [-0.15, -0.1) is 10.2 Å². The van der Waals surface area contributed by atoms with E-state index in [1.807, 2.05) is 48.7 Å². The summed E-state index contributed by atoms with van der Waals surface area (Å²) < 4.78 is 6.19. The van der Waals surface area contributed by atoms with Crippen molar-refractivity contribution in [2.24, 2.45) is 11.8 Å². The zero-order chi connectivity index (χ0) is 22.8. The Morgan fingerprint density at radius 3 is 2.45 bits per heavy atom. The normalized spacial score (nSPS) is 22.2. The lowest BCUT2D eigenvalue weighted by molar-refractivity contribution is -0.114. The van der Waals surface area contributed by atoms with E-state index in [9.17, 15) is 4.79 Å². The molecule has 3 heterocycles. The highest BCUT2D eigenvalue weighted by Gasteiger charge is 2.42.